The normalized spacial score (nSPS) is 12.1. The number of anilines is 1. The van der Waals surface area contributed by atoms with Crippen molar-refractivity contribution in [3.05, 3.63) is 29.8 Å². The Morgan fingerprint density at radius 2 is 2.10 bits per heavy atom. The van der Waals surface area contributed by atoms with Crippen LogP contribution in [-0.4, -0.2) is 27.8 Å². The van der Waals surface area contributed by atoms with Gasteiger partial charge in [0, 0.05) is 5.56 Å². The van der Waals surface area contributed by atoms with Gasteiger partial charge in [-0.05, 0) is 38.1 Å². The smallest absolute Gasteiger partial charge is 0.203 e. The average molecular weight is 309 g/mol. The van der Waals surface area contributed by atoms with Crippen molar-refractivity contribution >= 4 is 34.0 Å². The molecule has 1 aromatic carbocycles. The van der Waals surface area contributed by atoms with Crippen LogP contribution in [0, 0.1) is 0 Å². The molecule has 1 heterocycles. The zero-order valence-corrected chi connectivity index (χ0v) is 12.8. The molecule has 7 heteroatoms. The summed E-state index contributed by atoms with van der Waals surface area (Å²) in [6.45, 7) is 4.38. The number of carbonyl (C=O) groups is 1. The molecule has 0 aliphatic rings. The number of hydrogen-bond acceptors (Lipinski definition) is 7. The highest BCUT2D eigenvalue weighted by atomic mass is 32.2. The van der Waals surface area contributed by atoms with E-state index in [4.69, 9.17) is 10.5 Å². The van der Waals surface area contributed by atoms with E-state index >= 15 is 0 Å². The number of hydrogen-bond donors (Lipinski definition) is 1. The van der Waals surface area contributed by atoms with Crippen LogP contribution in [0.5, 0.6) is 5.75 Å². The lowest BCUT2D eigenvalue weighted by molar-refractivity contribution is 0.0994. The first-order chi connectivity index (χ1) is 9.60. The summed E-state index contributed by atoms with van der Waals surface area (Å²) < 4.78 is 6.06. The predicted octanol–water partition coefficient (Wildman–Crippen LogP) is 2.88. The molecule has 2 N–H and O–H groups in total. The van der Waals surface area contributed by atoms with E-state index in [2.05, 4.69) is 10.2 Å². The van der Waals surface area contributed by atoms with Crippen molar-refractivity contribution < 1.29 is 9.53 Å². The number of Topliss-reactive ketones (excluding diaryl/α,β-unsaturated/α-hetero) is 1. The summed E-state index contributed by atoms with van der Waals surface area (Å²) in [5, 5.41) is 7.81. The number of ketones is 1. The highest BCUT2D eigenvalue weighted by Crippen LogP contribution is 2.29. The maximum atomic E-state index is 12.3. The quantitative estimate of drug-likeness (QED) is 0.653. The molecule has 0 fully saturated rings. The van der Waals surface area contributed by atoms with Crippen LogP contribution in [0.1, 0.15) is 24.2 Å². The fourth-order valence-electron chi connectivity index (χ4n) is 1.59. The Kier molecular flexibility index (Phi) is 4.97. The maximum absolute atomic E-state index is 12.3. The van der Waals surface area contributed by atoms with Gasteiger partial charge in [0.15, 0.2) is 10.1 Å². The first-order valence-electron chi connectivity index (χ1n) is 6.13. The van der Waals surface area contributed by atoms with Crippen molar-refractivity contribution in [2.24, 2.45) is 0 Å². The van der Waals surface area contributed by atoms with Gasteiger partial charge in [-0.2, -0.15) is 0 Å². The van der Waals surface area contributed by atoms with Gasteiger partial charge in [-0.3, -0.25) is 4.79 Å². The standard InChI is InChI=1S/C13H15N3O2S2/c1-3-18-10-6-4-9(5-7-10)11(17)8(2)19-13-16-15-12(14)20-13/h4-8H,3H2,1-2H3,(H2,14,15)/t8-/m1/s1. The lowest BCUT2D eigenvalue weighted by atomic mass is 10.1. The van der Waals surface area contributed by atoms with Crippen LogP contribution >= 0.6 is 23.1 Å². The summed E-state index contributed by atoms with van der Waals surface area (Å²) >= 11 is 2.65. The molecule has 0 radical (unpaired) electrons. The highest BCUT2D eigenvalue weighted by molar-refractivity contribution is 8.02. The topological polar surface area (TPSA) is 78.1 Å². The van der Waals surface area contributed by atoms with E-state index in [1.54, 1.807) is 24.3 Å². The zero-order chi connectivity index (χ0) is 14.5. The summed E-state index contributed by atoms with van der Waals surface area (Å²) in [5.41, 5.74) is 6.18. The Balaban J connectivity index is 2.02. The third-order valence-corrected chi connectivity index (χ3v) is 4.46. The van der Waals surface area contributed by atoms with E-state index in [9.17, 15) is 4.79 Å². The minimum atomic E-state index is -0.236. The van der Waals surface area contributed by atoms with Gasteiger partial charge in [-0.1, -0.05) is 23.1 Å². The molecular weight excluding hydrogens is 294 g/mol. The van der Waals surface area contributed by atoms with E-state index < -0.39 is 0 Å². The minimum Gasteiger partial charge on any atom is -0.494 e. The summed E-state index contributed by atoms with van der Waals surface area (Å²) in [4.78, 5) is 12.3. The van der Waals surface area contributed by atoms with Crippen LogP contribution in [0.2, 0.25) is 0 Å². The molecule has 1 atom stereocenters. The van der Waals surface area contributed by atoms with Gasteiger partial charge in [0.05, 0.1) is 11.9 Å². The van der Waals surface area contributed by atoms with Gasteiger partial charge in [0.25, 0.3) is 0 Å². The van der Waals surface area contributed by atoms with Gasteiger partial charge in [0.1, 0.15) is 5.75 Å². The van der Waals surface area contributed by atoms with Crippen molar-refractivity contribution in [1.29, 1.82) is 0 Å². The fraction of sp³-hybridized carbons (Fsp3) is 0.308. The molecule has 0 bridgehead atoms. The van der Waals surface area contributed by atoms with E-state index in [-0.39, 0.29) is 11.0 Å². The highest BCUT2D eigenvalue weighted by Gasteiger charge is 2.18. The third-order valence-electron chi connectivity index (χ3n) is 2.52. The SMILES string of the molecule is CCOc1ccc(C(=O)[C@@H](C)Sc2nnc(N)s2)cc1. The molecule has 0 saturated heterocycles. The number of nitrogens with two attached hydrogens (primary N) is 1. The van der Waals surface area contributed by atoms with Gasteiger partial charge in [-0.25, -0.2) is 0 Å². The summed E-state index contributed by atoms with van der Waals surface area (Å²) in [7, 11) is 0. The van der Waals surface area contributed by atoms with Crippen LogP contribution in [0.25, 0.3) is 0 Å². The number of rotatable bonds is 6. The van der Waals surface area contributed by atoms with E-state index in [1.165, 1.54) is 23.1 Å². The van der Waals surface area contributed by atoms with Crippen molar-refractivity contribution in [3.8, 4) is 5.75 Å². The van der Waals surface area contributed by atoms with Crippen LogP contribution in [0.4, 0.5) is 5.13 Å². The second-order valence-electron chi connectivity index (χ2n) is 3.99. The molecule has 0 aliphatic carbocycles. The van der Waals surface area contributed by atoms with Crippen LogP contribution in [-0.2, 0) is 0 Å². The second kappa shape index (κ2) is 6.71. The Hall–Kier alpha value is -1.60. The number of nitrogens with zero attached hydrogens (tertiary/aromatic N) is 2. The Morgan fingerprint density at radius 3 is 2.65 bits per heavy atom. The lowest BCUT2D eigenvalue weighted by Gasteiger charge is -2.09. The van der Waals surface area contributed by atoms with Crippen molar-refractivity contribution in [3.63, 3.8) is 0 Å². The van der Waals surface area contributed by atoms with E-state index in [1.807, 2.05) is 13.8 Å². The molecule has 2 rings (SSSR count). The third kappa shape index (κ3) is 3.71. The molecule has 106 valence electrons. The fourth-order valence-corrected chi connectivity index (χ4v) is 3.45. The summed E-state index contributed by atoms with van der Waals surface area (Å²) in [5.74, 6) is 0.813. The minimum absolute atomic E-state index is 0.0480. The Morgan fingerprint density at radius 1 is 1.40 bits per heavy atom. The number of nitrogen functional groups attached to an aromatic ring is 1. The van der Waals surface area contributed by atoms with E-state index in [0.717, 1.165) is 5.75 Å². The zero-order valence-electron chi connectivity index (χ0n) is 11.2. The summed E-state index contributed by atoms with van der Waals surface area (Å²) in [6.07, 6.45) is 0. The number of carbonyl (C=O) groups excluding carboxylic acids is 1. The number of benzene rings is 1. The molecule has 0 saturated carbocycles. The van der Waals surface area contributed by atoms with Gasteiger partial charge < -0.3 is 10.5 Å². The molecule has 0 unspecified atom stereocenters. The van der Waals surface area contributed by atoms with Crippen molar-refractivity contribution in [1.82, 2.24) is 10.2 Å². The number of aromatic nitrogens is 2. The summed E-state index contributed by atoms with van der Waals surface area (Å²) in [6, 6.07) is 7.16. The van der Waals surface area contributed by atoms with E-state index in [0.29, 0.717) is 21.6 Å². The molecule has 20 heavy (non-hydrogen) atoms. The first kappa shape index (κ1) is 14.8. The first-order valence-corrected chi connectivity index (χ1v) is 7.82. The average Bonchev–Trinajstić information content (AvgIpc) is 2.84. The molecule has 0 amide bonds. The molecule has 2 aromatic rings. The van der Waals surface area contributed by atoms with Gasteiger partial charge >= 0.3 is 0 Å². The second-order valence-corrected chi connectivity index (χ2v) is 6.58. The van der Waals surface area contributed by atoms with Gasteiger partial charge in [0.2, 0.25) is 5.13 Å². The molecule has 5 nitrogen and oxygen atoms in total. The maximum Gasteiger partial charge on any atom is 0.203 e. The Labute approximate surface area is 125 Å². The van der Waals surface area contributed by atoms with Crippen LogP contribution in [0.15, 0.2) is 28.6 Å². The van der Waals surface area contributed by atoms with Crippen molar-refractivity contribution in [2.75, 3.05) is 12.3 Å². The van der Waals surface area contributed by atoms with Gasteiger partial charge in [-0.15, -0.1) is 10.2 Å². The monoisotopic (exact) mass is 309 g/mol. The molecular formula is C13H15N3O2S2. The Bertz CT molecular complexity index is 584. The molecule has 1 aromatic heterocycles. The molecule has 0 spiro atoms. The largest absolute Gasteiger partial charge is 0.494 e. The number of ether oxygens (including phenoxy) is 1. The predicted molar refractivity (Wildman–Crippen MR) is 81.6 cm³/mol. The van der Waals surface area contributed by atoms with Crippen molar-refractivity contribution in [2.45, 2.75) is 23.4 Å². The van der Waals surface area contributed by atoms with Crippen LogP contribution in [0.3, 0.4) is 0 Å². The number of thioether (sulfide) groups is 1. The lowest BCUT2D eigenvalue weighted by Crippen LogP contribution is -2.13. The molecule has 0 aliphatic heterocycles. The van der Waals surface area contributed by atoms with Crippen LogP contribution < -0.4 is 10.5 Å².